The van der Waals surface area contributed by atoms with E-state index in [4.69, 9.17) is 12.2 Å². The molecule has 1 aliphatic heterocycles. The van der Waals surface area contributed by atoms with Gasteiger partial charge in [-0.15, -0.1) is 0 Å². The second-order valence-corrected chi connectivity index (χ2v) is 6.58. The van der Waals surface area contributed by atoms with Crippen molar-refractivity contribution in [1.29, 1.82) is 0 Å². The molecule has 1 heterocycles. The molecule has 0 amide bonds. The molecule has 0 saturated carbocycles. The summed E-state index contributed by atoms with van der Waals surface area (Å²) in [6, 6.07) is 6.89. The Bertz CT molecular complexity index is 479. The van der Waals surface area contributed by atoms with Crippen molar-refractivity contribution in [3.8, 4) is 0 Å². The number of nitrogens with one attached hydrogen (secondary N) is 3. The molecule has 1 aliphatic rings. The predicted octanol–water partition coefficient (Wildman–Crippen LogP) is 2.05. The van der Waals surface area contributed by atoms with Gasteiger partial charge in [0.05, 0.1) is 19.6 Å². The largest absolute Gasteiger partial charge is 0.359 e. The summed E-state index contributed by atoms with van der Waals surface area (Å²) in [7, 11) is 0. The topological polar surface area (TPSA) is 28.5 Å². The third kappa shape index (κ3) is 4.97. The highest BCUT2D eigenvalue weighted by atomic mass is 32.1. The molecule has 1 aromatic carbocycles. The standard InChI is InChI=1S/C17H27N3S/c1-4-9-20-10-7-15(8-11-20)18-17(21)19-16-6-5-13(2)14(3)12-16/h5-6,12,15H,4,7-11H2,1-3H3,(H2,18,19,21)/p+1. The molecule has 2 rings (SSSR count). The average Bonchev–Trinajstić information content (AvgIpc) is 2.45. The van der Waals surface area contributed by atoms with Crippen LogP contribution in [0.5, 0.6) is 0 Å². The monoisotopic (exact) mass is 306 g/mol. The summed E-state index contributed by atoms with van der Waals surface area (Å²) in [5.41, 5.74) is 3.68. The minimum Gasteiger partial charge on any atom is -0.359 e. The summed E-state index contributed by atoms with van der Waals surface area (Å²) in [4.78, 5) is 1.74. The van der Waals surface area contributed by atoms with Gasteiger partial charge in [-0.25, -0.2) is 0 Å². The van der Waals surface area contributed by atoms with Crippen LogP contribution in [0.1, 0.15) is 37.3 Å². The first-order valence-corrected chi connectivity index (χ1v) is 8.47. The maximum absolute atomic E-state index is 5.44. The molecule has 116 valence electrons. The highest BCUT2D eigenvalue weighted by Gasteiger charge is 2.21. The van der Waals surface area contributed by atoms with Crippen LogP contribution in [0.3, 0.4) is 0 Å². The Morgan fingerprint density at radius 1 is 1.24 bits per heavy atom. The van der Waals surface area contributed by atoms with E-state index >= 15 is 0 Å². The molecule has 1 aromatic rings. The number of hydrogen-bond donors (Lipinski definition) is 3. The van der Waals surface area contributed by atoms with Crippen molar-refractivity contribution < 1.29 is 4.90 Å². The van der Waals surface area contributed by atoms with Gasteiger partial charge < -0.3 is 15.5 Å². The van der Waals surface area contributed by atoms with Gasteiger partial charge in [0.1, 0.15) is 0 Å². The fourth-order valence-electron chi connectivity index (χ4n) is 2.95. The van der Waals surface area contributed by atoms with Crippen LogP contribution in [0.15, 0.2) is 18.2 Å². The maximum atomic E-state index is 5.44. The summed E-state index contributed by atoms with van der Waals surface area (Å²) < 4.78 is 0. The third-order valence-electron chi connectivity index (χ3n) is 4.40. The molecule has 0 spiro atoms. The van der Waals surface area contributed by atoms with Crippen molar-refractivity contribution in [2.45, 2.75) is 46.1 Å². The summed E-state index contributed by atoms with van der Waals surface area (Å²) >= 11 is 5.44. The fraction of sp³-hybridized carbons (Fsp3) is 0.588. The molecule has 0 bridgehead atoms. The van der Waals surface area contributed by atoms with E-state index in [9.17, 15) is 0 Å². The van der Waals surface area contributed by atoms with Gasteiger partial charge in [-0.05, 0) is 55.7 Å². The number of quaternary nitrogens is 1. The summed E-state index contributed by atoms with van der Waals surface area (Å²) in [5, 5.41) is 7.53. The van der Waals surface area contributed by atoms with E-state index in [-0.39, 0.29) is 0 Å². The van der Waals surface area contributed by atoms with Gasteiger partial charge >= 0.3 is 0 Å². The lowest BCUT2D eigenvalue weighted by Crippen LogP contribution is -3.13. The molecule has 0 aromatic heterocycles. The Hall–Kier alpha value is -1.13. The minimum absolute atomic E-state index is 0.525. The van der Waals surface area contributed by atoms with Crippen molar-refractivity contribution in [3.05, 3.63) is 29.3 Å². The lowest BCUT2D eigenvalue weighted by molar-refractivity contribution is -0.905. The van der Waals surface area contributed by atoms with Crippen molar-refractivity contribution in [1.82, 2.24) is 5.32 Å². The van der Waals surface area contributed by atoms with E-state index in [2.05, 4.69) is 49.6 Å². The number of hydrogen-bond acceptors (Lipinski definition) is 1. The molecular weight excluding hydrogens is 278 g/mol. The Morgan fingerprint density at radius 3 is 2.57 bits per heavy atom. The van der Waals surface area contributed by atoms with Crippen LogP contribution < -0.4 is 15.5 Å². The lowest BCUT2D eigenvalue weighted by atomic mass is 10.1. The molecule has 4 heteroatoms. The fourth-order valence-corrected chi connectivity index (χ4v) is 3.23. The summed E-state index contributed by atoms with van der Waals surface area (Å²) in [6.07, 6.45) is 3.70. The van der Waals surface area contributed by atoms with Gasteiger partial charge in [-0.2, -0.15) is 0 Å². The molecule has 0 unspecified atom stereocenters. The molecule has 0 radical (unpaired) electrons. The van der Waals surface area contributed by atoms with E-state index in [0.717, 1.165) is 10.8 Å². The third-order valence-corrected chi connectivity index (χ3v) is 4.62. The van der Waals surface area contributed by atoms with E-state index < -0.39 is 0 Å². The number of thiocarbonyl (C=S) groups is 1. The molecule has 1 fully saturated rings. The van der Waals surface area contributed by atoms with E-state index in [1.54, 1.807) is 4.90 Å². The second-order valence-electron chi connectivity index (χ2n) is 6.17. The Kier molecular flexibility index (Phi) is 6.00. The molecule has 21 heavy (non-hydrogen) atoms. The SMILES string of the molecule is CCC[NH+]1CCC(NC(=S)Nc2ccc(C)c(C)c2)CC1. The Balaban J connectivity index is 1.78. The number of rotatable bonds is 4. The number of anilines is 1. The van der Waals surface area contributed by atoms with Gasteiger partial charge in [0, 0.05) is 24.6 Å². The van der Waals surface area contributed by atoms with Crippen LogP contribution in [-0.2, 0) is 0 Å². The first-order chi connectivity index (χ1) is 10.1. The van der Waals surface area contributed by atoms with E-state index in [0.29, 0.717) is 6.04 Å². The lowest BCUT2D eigenvalue weighted by Gasteiger charge is -2.30. The maximum Gasteiger partial charge on any atom is 0.171 e. The Labute approximate surface area is 134 Å². The first-order valence-electron chi connectivity index (χ1n) is 8.07. The quantitative estimate of drug-likeness (QED) is 0.744. The molecule has 3 N–H and O–H groups in total. The van der Waals surface area contributed by atoms with Crippen LogP contribution in [0, 0.1) is 13.8 Å². The first kappa shape index (κ1) is 16.2. The van der Waals surface area contributed by atoms with Crippen LogP contribution in [0.25, 0.3) is 0 Å². The van der Waals surface area contributed by atoms with E-state index in [1.165, 1.54) is 50.0 Å². The normalized spacial score (nSPS) is 21.9. The predicted molar refractivity (Wildman–Crippen MR) is 94.1 cm³/mol. The molecular formula is C17H28N3S+. The number of benzene rings is 1. The number of likely N-dealkylation sites (tertiary alicyclic amines) is 1. The highest BCUT2D eigenvalue weighted by Crippen LogP contribution is 2.14. The average molecular weight is 306 g/mol. The zero-order valence-electron chi connectivity index (χ0n) is 13.5. The zero-order chi connectivity index (χ0) is 15.2. The Morgan fingerprint density at radius 2 is 1.95 bits per heavy atom. The molecule has 0 aliphatic carbocycles. The van der Waals surface area contributed by atoms with Crippen molar-refractivity contribution >= 4 is 23.0 Å². The minimum atomic E-state index is 0.525. The van der Waals surface area contributed by atoms with Crippen molar-refractivity contribution in [2.75, 3.05) is 25.0 Å². The van der Waals surface area contributed by atoms with Crippen LogP contribution in [-0.4, -0.2) is 30.8 Å². The van der Waals surface area contributed by atoms with Crippen molar-refractivity contribution in [3.63, 3.8) is 0 Å². The second kappa shape index (κ2) is 7.76. The molecule has 1 saturated heterocycles. The van der Waals surface area contributed by atoms with Gasteiger partial charge in [0.15, 0.2) is 5.11 Å². The van der Waals surface area contributed by atoms with Crippen molar-refractivity contribution in [2.24, 2.45) is 0 Å². The van der Waals surface area contributed by atoms with Gasteiger partial charge in [0.2, 0.25) is 0 Å². The van der Waals surface area contributed by atoms with E-state index in [1.807, 2.05) is 0 Å². The molecule has 0 atom stereocenters. The number of aryl methyl sites for hydroxylation is 2. The van der Waals surface area contributed by atoms with Crippen LogP contribution in [0.2, 0.25) is 0 Å². The van der Waals surface area contributed by atoms with Gasteiger partial charge in [0.25, 0.3) is 0 Å². The summed E-state index contributed by atoms with van der Waals surface area (Å²) in [6.45, 7) is 10.3. The highest BCUT2D eigenvalue weighted by molar-refractivity contribution is 7.80. The van der Waals surface area contributed by atoms with Gasteiger partial charge in [-0.3, -0.25) is 0 Å². The summed E-state index contributed by atoms with van der Waals surface area (Å²) in [5.74, 6) is 0. The van der Waals surface area contributed by atoms with Crippen LogP contribution >= 0.6 is 12.2 Å². The smallest absolute Gasteiger partial charge is 0.171 e. The molecule has 3 nitrogen and oxygen atoms in total. The van der Waals surface area contributed by atoms with Gasteiger partial charge in [-0.1, -0.05) is 13.0 Å². The van der Waals surface area contributed by atoms with Crippen LogP contribution in [0.4, 0.5) is 5.69 Å². The zero-order valence-corrected chi connectivity index (χ0v) is 14.3. The number of piperidine rings is 1.